The van der Waals surface area contributed by atoms with Crippen molar-refractivity contribution in [3.05, 3.63) is 48.1 Å². The van der Waals surface area contributed by atoms with Gasteiger partial charge in [-0.25, -0.2) is 15.0 Å². The largest absolute Gasteiger partial charge is 0.492 e. The number of nitrogens with zero attached hydrogens (tertiary/aromatic N) is 4. The average molecular weight is 367 g/mol. The molecule has 134 valence electrons. The van der Waals surface area contributed by atoms with Gasteiger partial charge in [0.25, 0.3) is 0 Å². The molecule has 1 aliphatic rings. The lowest BCUT2D eigenvalue weighted by Gasteiger charge is -2.15. The van der Waals surface area contributed by atoms with Gasteiger partial charge in [-0.05, 0) is 44.1 Å². The van der Waals surface area contributed by atoms with E-state index < -0.39 is 0 Å². The topological polar surface area (TPSA) is 63.2 Å². The van der Waals surface area contributed by atoms with Crippen molar-refractivity contribution in [2.45, 2.75) is 12.8 Å². The van der Waals surface area contributed by atoms with Crippen molar-refractivity contribution in [3.63, 3.8) is 0 Å². The Morgan fingerprint density at radius 1 is 1.12 bits per heavy atom. The molecule has 1 fully saturated rings. The first-order valence-corrected chi connectivity index (χ1v) is 9.70. The maximum atomic E-state index is 5.90. The quantitative estimate of drug-likeness (QED) is 0.685. The molecule has 0 unspecified atom stereocenters. The number of nitrogens with one attached hydrogen (secondary N) is 1. The summed E-state index contributed by atoms with van der Waals surface area (Å²) in [6.07, 6.45) is 6.12. The highest BCUT2D eigenvalue weighted by molar-refractivity contribution is 7.13. The van der Waals surface area contributed by atoms with E-state index in [9.17, 15) is 0 Å². The van der Waals surface area contributed by atoms with Crippen LogP contribution in [0, 0.1) is 0 Å². The van der Waals surface area contributed by atoms with E-state index in [1.165, 1.54) is 25.9 Å². The lowest BCUT2D eigenvalue weighted by Crippen LogP contribution is -2.25. The Morgan fingerprint density at radius 2 is 2.04 bits per heavy atom. The van der Waals surface area contributed by atoms with E-state index in [1.54, 1.807) is 23.7 Å². The second kappa shape index (κ2) is 8.25. The zero-order valence-corrected chi connectivity index (χ0v) is 15.3. The number of anilines is 2. The van der Waals surface area contributed by atoms with Crippen molar-refractivity contribution in [1.82, 2.24) is 19.9 Å². The minimum Gasteiger partial charge on any atom is -0.492 e. The van der Waals surface area contributed by atoms with Gasteiger partial charge in [0.2, 0.25) is 5.95 Å². The summed E-state index contributed by atoms with van der Waals surface area (Å²) in [5.74, 6) is 1.40. The molecule has 1 N–H and O–H groups in total. The van der Waals surface area contributed by atoms with Crippen molar-refractivity contribution in [3.8, 4) is 16.5 Å². The van der Waals surface area contributed by atoms with Gasteiger partial charge in [0, 0.05) is 36.1 Å². The van der Waals surface area contributed by atoms with Crippen LogP contribution in [0.1, 0.15) is 12.8 Å². The van der Waals surface area contributed by atoms with E-state index in [1.807, 2.05) is 35.7 Å². The van der Waals surface area contributed by atoms with E-state index in [-0.39, 0.29) is 0 Å². The van der Waals surface area contributed by atoms with E-state index in [0.29, 0.717) is 12.6 Å². The summed E-state index contributed by atoms with van der Waals surface area (Å²) in [5, 5.41) is 6.06. The minimum absolute atomic E-state index is 0.548. The molecule has 3 aromatic rings. The fourth-order valence-electron chi connectivity index (χ4n) is 2.98. The second-order valence-corrected chi connectivity index (χ2v) is 7.05. The number of benzene rings is 1. The average Bonchev–Trinajstić information content (AvgIpc) is 3.37. The van der Waals surface area contributed by atoms with Crippen LogP contribution in [0.25, 0.3) is 10.7 Å². The summed E-state index contributed by atoms with van der Waals surface area (Å²) >= 11 is 1.56. The maximum absolute atomic E-state index is 5.90. The lowest BCUT2D eigenvalue weighted by atomic mass is 10.3. The van der Waals surface area contributed by atoms with Crippen LogP contribution in [-0.2, 0) is 0 Å². The highest BCUT2D eigenvalue weighted by atomic mass is 32.1. The molecule has 1 aromatic carbocycles. The molecule has 1 saturated heterocycles. The Bertz CT molecular complexity index is 833. The molecule has 26 heavy (non-hydrogen) atoms. The zero-order valence-electron chi connectivity index (χ0n) is 14.5. The van der Waals surface area contributed by atoms with Gasteiger partial charge >= 0.3 is 0 Å². The van der Waals surface area contributed by atoms with Gasteiger partial charge < -0.3 is 10.1 Å². The van der Waals surface area contributed by atoms with Gasteiger partial charge in [-0.3, -0.25) is 4.90 Å². The fraction of sp³-hybridized carbons (Fsp3) is 0.316. The molecule has 7 heteroatoms. The molecule has 4 rings (SSSR count). The zero-order chi connectivity index (χ0) is 17.6. The normalized spacial score (nSPS) is 14.5. The van der Waals surface area contributed by atoms with Crippen molar-refractivity contribution >= 4 is 23.0 Å². The fourth-order valence-corrected chi connectivity index (χ4v) is 3.59. The Balaban J connectivity index is 1.38. The third-order valence-electron chi connectivity index (χ3n) is 4.27. The molecular formula is C19H21N5OS. The van der Waals surface area contributed by atoms with Gasteiger partial charge in [0.15, 0.2) is 0 Å². The highest BCUT2D eigenvalue weighted by Crippen LogP contribution is 2.23. The molecule has 2 aromatic heterocycles. The predicted molar refractivity (Wildman–Crippen MR) is 104 cm³/mol. The van der Waals surface area contributed by atoms with Gasteiger partial charge in [-0.1, -0.05) is 6.07 Å². The summed E-state index contributed by atoms with van der Waals surface area (Å²) in [6.45, 7) is 4.07. The van der Waals surface area contributed by atoms with Crippen LogP contribution in [0.2, 0.25) is 0 Å². The smallest absolute Gasteiger partial charge is 0.227 e. The minimum atomic E-state index is 0.548. The molecule has 6 nitrogen and oxygen atoms in total. The van der Waals surface area contributed by atoms with Crippen molar-refractivity contribution in [1.29, 1.82) is 0 Å². The molecule has 1 aliphatic heterocycles. The van der Waals surface area contributed by atoms with Gasteiger partial charge in [0.05, 0.1) is 0 Å². The second-order valence-electron chi connectivity index (χ2n) is 6.15. The summed E-state index contributed by atoms with van der Waals surface area (Å²) in [6, 6.07) is 9.76. The maximum Gasteiger partial charge on any atom is 0.227 e. The standard InChI is InChI=1S/C19H21N5OS/c1-2-10-24(9-1)11-12-25-16-5-3-4-15(14-16)22-19-21-7-6-17(23-19)18-20-8-13-26-18/h3-8,13-14H,1-2,9-12H2,(H,21,22,23). The first-order valence-electron chi connectivity index (χ1n) is 8.82. The van der Waals surface area contributed by atoms with Gasteiger partial charge in [-0.2, -0.15) is 0 Å². The van der Waals surface area contributed by atoms with Crippen LogP contribution in [0.3, 0.4) is 0 Å². The Labute approximate surface area is 156 Å². The Hall–Kier alpha value is -2.51. The van der Waals surface area contributed by atoms with Crippen LogP contribution >= 0.6 is 11.3 Å². The SMILES string of the molecule is c1cc(Nc2nccc(-c3nccs3)n2)cc(OCCN2CCCC2)c1. The molecule has 3 heterocycles. The predicted octanol–water partition coefficient (Wildman–Crippen LogP) is 3.82. The van der Waals surface area contributed by atoms with Gasteiger partial charge in [-0.15, -0.1) is 11.3 Å². The molecule has 0 radical (unpaired) electrons. The highest BCUT2D eigenvalue weighted by Gasteiger charge is 2.11. The number of aromatic nitrogens is 3. The number of hydrogen-bond donors (Lipinski definition) is 1. The number of hydrogen-bond acceptors (Lipinski definition) is 7. The lowest BCUT2D eigenvalue weighted by molar-refractivity contribution is 0.238. The number of likely N-dealkylation sites (tertiary alicyclic amines) is 1. The summed E-state index contributed by atoms with van der Waals surface area (Å²) in [4.78, 5) is 15.6. The third-order valence-corrected chi connectivity index (χ3v) is 5.07. The Morgan fingerprint density at radius 3 is 2.88 bits per heavy atom. The van der Waals surface area contributed by atoms with Crippen LogP contribution in [0.4, 0.5) is 11.6 Å². The molecule has 0 saturated carbocycles. The molecule has 0 spiro atoms. The van der Waals surface area contributed by atoms with Gasteiger partial charge in [0.1, 0.15) is 23.1 Å². The Kier molecular flexibility index (Phi) is 5.37. The first-order chi connectivity index (χ1) is 12.9. The molecule has 0 aliphatic carbocycles. The van der Waals surface area contributed by atoms with Crippen molar-refractivity contribution in [2.24, 2.45) is 0 Å². The molecule has 0 atom stereocenters. The summed E-state index contributed by atoms with van der Waals surface area (Å²) in [5.41, 5.74) is 1.72. The first kappa shape index (κ1) is 16.9. The van der Waals surface area contributed by atoms with E-state index in [4.69, 9.17) is 4.74 Å². The van der Waals surface area contributed by atoms with Crippen LogP contribution in [0.15, 0.2) is 48.1 Å². The van der Waals surface area contributed by atoms with Crippen LogP contribution in [-0.4, -0.2) is 46.1 Å². The number of thiazole rings is 1. The molecule has 0 bridgehead atoms. The van der Waals surface area contributed by atoms with Crippen molar-refractivity contribution < 1.29 is 4.74 Å². The van der Waals surface area contributed by atoms with E-state index in [0.717, 1.165) is 28.7 Å². The van der Waals surface area contributed by atoms with Crippen LogP contribution < -0.4 is 10.1 Å². The molecule has 0 amide bonds. The van der Waals surface area contributed by atoms with E-state index in [2.05, 4.69) is 25.2 Å². The molecular weight excluding hydrogens is 346 g/mol. The summed E-state index contributed by atoms with van der Waals surface area (Å²) in [7, 11) is 0. The number of rotatable bonds is 7. The monoisotopic (exact) mass is 367 g/mol. The third kappa shape index (κ3) is 4.36. The number of ether oxygens (including phenoxy) is 1. The van der Waals surface area contributed by atoms with E-state index >= 15 is 0 Å². The van der Waals surface area contributed by atoms with Crippen LogP contribution in [0.5, 0.6) is 5.75 Å². The summed E-state index contributed by atoms with van der Waals surface area (Å²) < 4.78 is 5.90. The van der Waals surface area contributed by atoms with Crippen molar-refractivity contribution in [2.75, 3.05) is 31.6 Å².